The highest BCUT2D eigenvalue weighted by atomic mass is 19.1. The van der Waals surface area contributed by atoms with Gasteiger partial charge in [-0.25, -0.2) is 8.78 Å². The third kappa shape index (κ3) is 8.38. The summed E-state index contributed by atoms with van der Waals surface area (Å²) in [4.78, 5) is 20.4. The van der Waals surface area contributed by atoms with Crippen LogP contribution in [0, 0.1) is 11.6 Å². The molecule has 0 aliphatic carbocycles. The molecular formula is C54H44F2N10. The van der Waals surface area contributed by atoms with Crippen LogP contribution in [0.15, 0.2) is 176 Å². The summed E-state index contributed by atoms with van der Waals surface area (Å²) in [6.45, 7) is 9.70. The predicted octanol–water partition coefficient (Wildman–Crippen LogP) is 13.3. The number of pyridine rings is 3. The second kappa shape index (κ2) is 18.5. The summed E-state index contributed by atoms with van der Waals surface area (Å²) in [5.41, 5.74) is 20.7. The van der Waals surface area contributed by atoms with Gasteiger partial charge in [-0.1, -0.05) is 56.8 Å². The standard InChI is InChI=1S/C27H22FN5.C25H16FN5.C2H6/c1-3-16(13-20(29)4-2)18-7-10-24-21(14-18)27(33-32-24)25-15-22-23(31-25)11-12-30-26(22)17-5-8-19(28)9-6-17;26-17-5-3-4-16(12-17)24-19-14-23(29-21(19)9-11-28-24)25-18-13-15(7-8-22(18)30-31-25)20-6-1-2-10-27-20;1-2/h3-15,31H,2,29H2,1H3,(H,32,33);1-14,29H,(H,30,31);1-2H3/b16-3+,20-13+;;. The predicted molar refractivity (Wildman–Crippen MR) is 264 cm³/mol. The Morgan fingerprint density at radius 2 is 1.15 bits per heavy atom. The Morgan fingerprint density at radius 3 is 1.76 bits per heavy atom. The van der Waals surface area contributed by atoms with Crippen molar-refractivity contribution in [2.24, 2.45) is 5.73 Å². The van der Waals surface area contributed by atoms with Crippen LogP contribution in [0.3, 0.4) is 0 Å². The monoisotopic (exact) mass is 870 g/mol. The van der Waals surface area contributed by atoms with Crippen molar-refractivity contribution in [2.75, 3.05) is 0 Å². The molecule has 7 heterocycles. The number of benzene rings is 4. The number of rotatable bonds is 8. The maximum Gasteiger partial charge on any atom is 0.123 e. The van der Waals surface area contributed by atoms with E-state index >= 15 is 0 Å². The summed E-state index contributed by atoms with van der Waals surface area (Å²) in [6.07, 6.45) is 10.8. The molecule has 0 fully saturated rings. The molecule has 66 heavy (non-hydrogen) atoms. The Balaban J connectivity index is 0.000000160. The minimum absolute atomic E-state index is 0.273. The minimum Gasteiger partial charge on any atom is -0.399 e. The van der Waals surface area contributed by atoms with Gasteiger partial charge in [-0.15, -0.1) is 0 Å². The Hall–Kier alpha value is -8.77. The molecule has 0 spiro atoms. The largest absolute Gasteiger partial charge is 0.399 e. The lowest BCUT2D eigenvalue weighted by atomic mass is 10.0. The van der Waals surface area contributed by atoms with Crippen molar-refractivity contribution in [1.82, 2.24) is 45.3 Å². The molecule has 0 unspecified atom stereocenters. The lowest BCUT2D eigenvalue weighted by Gasteiger charge is -2.04. The van der Waals surface area contributed by atoms with E-state index < -0.39 is 0 Å². The fourth-order valence-corrected chi connectivity index (χ4v) is 7.95. The first-order chi connectivity index (χ1) is 32.3. The van der Waals surface area contributed by atoms with Gasteiger partial charge in [-0.3, -0.25) is 25.1 Å². The highest BCUT2D eigenvalue weighted by Gasteiger charge is 2.17. The van der Waals surface area contributed by atoms with Crippen LogP contribution in [0.4, 0.5) is 8.78 Å². The van der Waals surface area contributed by atoms with Gasteiger partial charge in [-0.2, -0.15) is 10.2 Å². The van der Waals surface area contributed by atoms with Crippen LogP contribution in [0.5, 0.6) is 0 Å². The van der Waals surface area contributed by atoms with Crippen molar-refractivity contribution in [3.63, 3.8) is 0 Å². The summed E-state index contributed by atoms with van der Waals surface area (Å²) in [6, 6.07) is 38.9. The molecule has 0 amide bonds. The molecule has 0 aliphatic rings. The Morgan fingerprint density at radius 1 is 0.545 bits per heavy atom. The quantitative estimate of drug-likeness (QED) is 0.0958. The summed E-state index contributed by atoms with van der Waals surface area (Å²) in [5, 5.41) is 19.2. The number of halogens is 2. The fraction of sp³-hybridized carbons (Fsp3) is 0.0556. The molecular weight excluding hydrogens is 827 g/mol. The van der Waals surface area contributed by atoms with Gasteiger partial charge < -0.3 is 15.7 Å². The van der Waals surface area contributed by atoms with Crippen LogP contribution in [0.2, 0.25) is 0 Å². The first-order valence-corrected chi connectivity index (χ1v) is 21.5. The smallest absolute Gasteiger partial charge is 0.123 e. The highest BCUT2D eigenvalue weighted by molar-refractivity contribution is 6.02. The first-order valence-electron chi connectivity index (χ1n) is 21.5. The number of H-pyrrole nitrogens is 4. The van der Waals surface area contributed by atoms with E-state index in [0.29, 0.717) is 5.70 Å². The van der Waals surface area contributed by atoms with E-state index in [2.05, 4.69) is 64.0 Å². The Labute approximate surface area is 378 Å². The van der Waals surface area contributed by atoms with Crippen molar-refractivity contribution in [3.05, 3.63) is 194 Å². The summed E-state index contributed by atoms with van der Waals surface area (Å²) < 4.78 is 27.2. The zero-order chi connectivity index (χ0) is 45.7. The van der Waals surface area contributed by atoms with Crippen LogP contribution in [-0.2, 0) is 0 Å². The van der Waals surface area contributed by atoms with Crippen LogP contribution in [-0.4, -0.2) is 45.3 Å². The van der Waals surface area contributed by atoms with Gasteiger partial charge in [0.05, 0.1) is 39.5 Å². The number of fused-ring (bicyclic) bond motifs is 4. The van der Waals surface area contributed by atoms with E-state index in [4.69, 9.17) is 5.73 Å². The normalized spacial score (nSPS) is 11.7. The summed E-state index contributed by atoms with van der Waals surface area (Å²) >= 11 is 0. The van der Waals surface area contributed by atoms with Gasteiger partial charge in [-0.05, 0) is 127 Å². The lowest BCUT2D eigenvalue weighted by Crippen LogP contribution is -1.93. The second-order valence-corrected chi connectivity index (χ2v) is 15.1. The molecule has 324 valence electrons. The third-order valence-electron chi connectivity index (χ3n) is 11.1. The number of nitrogens with zero attached hydrogens (tertiary/aromatic N) is 5. The van der Waals surface area contributed by atoms with Crippen LogP contribution >= 0.6 is 0 Å². The van der Waals surface area contributed by atoms with Crippen molar-refractivity contribution in [2.45, 2.75) is 20.8 Å². The molecule has 0 aliphatic heterocycles. The number of aromatic amines is 4. The molecule has 0 saturated carbocycles. The Bertz CT molecular complexity index is 3580. The Kier molecular flexibility index (Phi) is 11.9. The van der Waals surface area contributed by atoms with Gasteiger partial charge >= 0.3 is 0 Å². The average Bonchev–Trinajstić information content (AvgIpc) is 4.18. The third-order valence-corrected chi connectivity index (χ3v) is 11.1. The number of nitrogens with one attached hydrogen (secondary N) is 4. The topological polar surface area (TPSA) is 154 Å². The SMILES string of the molecule is C=C/C(N)=C\C(=C/C)c1ccc2[nH]nc(-c3cc4c(-c5ccc(F)cc5)nccc4[nH]3)c2c1.CC.Fc1cccc(-c2nccc3[nH]c(-c4n[nH]c5ccc(-c6ccccn6)cc45)cc23)c1. The number of nitrogens with two attached hydrogens (primary N) is 1. The number of allylic oxidation sites excluding steroid dienone is 4. The van der Waals surface area contributed by atoms with E-state index in [1.165, 1.54) is 24.3 Å². The molecule has 4 aromatic carbocycles. The van der Waals surface area contributed by atoms with E-state index in [0.717, 1.165) is 111 Å². The molecule has 0 atom stereocenters. The molecule has 6 N–H and O–H groups in total. The molecule has 10 nitrogen and oxygen atoms in total. The summed E-state index contributed by atoms with van der Waals surface area (Å²) in [5.74, 6) is -0.558. The van der Waals surface area contributed by atoms with Crippen LogP contribution in [0.25, 0.3) is 106 Å². The van der Waals surface area contributed by atoms with Crippen molar-refractivity contribution in [1.29, 1.82) is 0 Å². The van der Waals surface area contributed by atoms with Gasteiger partial charge in [0, 0.05) is 73.6 Å². The maximum atomic E-state index is 13.8. The molecule has 0 radical (unpaired) electrons. The van der Waals surface area contributed by atoms with Crippen LogP contribution in [0.1, 0.15) is 26.3 Å². The van der Waals surface area contributed by atoms with E-state index in [1.54, 1.807) is 42.9 Å². The van der Waals surface area contributed by atoms with E-state index in [-0.39, 0.29) is 11.6 Å². The van der Waals surface area contributed by atoms with E-state index in [1.807, 2.05) is 106 Å². The molecule has 0 bridgehead atoms. The van der Waals surface area contributed by atoms with Gasteiger partial charge in [0.2, 0.25) is 0 Å². The molecule has 0 saturated heterocycles. The highest BCUT2D eigenvalue weighted by Crippen LogP contribution is 2.36. The van der Waals surface area contributed by atoms with Crippen LogP contribution < -0.4 is 5.73 Å². The lowest BCUT2D eigenvalue weighted by molar-refractivity contribution is 0.627. The van der Waals surface area contributed by atoms with Gasteiger partial charge in [0.25, 0.3) is 0 Å². The number of hydrogen-bond donors (Lipinski definition) is 5. The zero-order valence-corrected chi connectivity index (χ0v) is 36.4. The molecule has 11 rings (SSSR count). The second-order valence-electron chi connectivity index (χ2n) is 15.1. The number of aromatic nitrogens is 9. The molecule has 7 aromatic heterocycles. The number of hydrogen-bond acceptors (Lipinski definition) is 6. The fourth-order valence-electron chi connectivity index (χ4n) is 7.95. The van der Waals surface area contributed by atoms with Crippen molar-refractivity contribution >= 4 is 49.2 Å². The summed E-state index contributed by atoms with van der Waals surface area (Å²) in [7, 11) is 0. The van der Waals surface area contributed by atoms with Crippen molar-refractivity contribution < 1.29 is 8.78 Å². The minimum atomic E-state index is -0.285. The molecule has 12 heteroatoms. The zero-order valence-electron chi connectivity index (χ0n) is 36.4. The van der Waals surface area contributed by atoms with Crippen molar-refractivity contribution in [3.8, 4) is 56.5 Å². The van der Waals surface area contributed by atoms with Gasteiger partial charge in [0.15, 0.2) is 0 Å². The molecule has 11 aromatic rings. The van der Waals surface area contributed by atoms with Gasteiger partial charge in [0.1, 0.15) is 23.0 Å². The first kappa shape index (κ1) is 42.5. The maximum absolute atomic E-state index is 13.8. The van der Waals surface area contributed by atoms with E-state index in [9.17, 15) is 8.78 Å². The average molecular weight is 871 g/mol.